The summed E-state index contributed by atoms with van der Waals surface area (Å²) in [4.78, 5) is -0.179. The number of sulfonamides is 1. The zero-order chi connectivity index (χ0) is 20.4. The molecule has 0 aliphatic rings. The number of hydrogen-bond donors (Lipinski definition) is 1. The van der Waals surface area contributed by atoms with Crippen LogP contribution in [0, 0.1) is 6.92 Å². The van der Waals surface area contributed by atoms with E-state index in [9.17, 15) is 21.6 Å². The Hall–Kier alpha value is -3.00. The highest BCUT2D eigenvalue weighted by molar-refractivity contribution is 7.92. The molecule has 8 heteroatoms. The second-order valence-corrected chi connectivity index (χ2v) is 7.67. The lowest BCUT2D eigenvalue weighted by Gasteiger charge is -2.15. The van der Waals surface area contributed by atoms with E-state index in [1.165, 1.54) is 36.4 Å². The lowest BCUT2D eigenvalue weighted by molar-refractivity contribution is -0.136. The Bertz CT molecular complexity index is 1080. The molecular formula is C20H16F3NO3S. The van der Waals surface area contributed by atoms with Crippen molar-refractivity contribution in [2.45, 2.75) is 18.0 Å². The summed E-state index contributed by atoms with van der Waals surface area (Å²) in [5.74, 6) is 1.03. The highest BCUT2D eigenvalue weighted by Gasteiger charge is 2.34. The van der Waals surface area contributed by atoms with Crippen LogP contribution in [0.1, 0.15) is 11.1 Å². The summed E-state index contributed by atoms with van der Waals surface area (Å²) in [6.07, 6.45) is -4.68. The number of para-hydroxylation sites is 2. The summed E-state index contributed by atoms with van der Waals surface area (Å²) in [7, 11) is -4.20. The Balaban J connectivity index is 1.83. The minimum Gasteiger partial charge on any atom is -0.457 e. The SMILES string of the molecule is Cc1ccccc1Oc1ccc(S(=O)(=O)Nc2ccccc2C(F)(F)F)cc1. The molecule has 0 amide bonds. The molecule has 0 radical (unpaired) electrons. The molecule has 0 spiro atoms. The van der Waals surface area contributed by atoms with Crippen molar-refractivity contribution in [1.82, 2.24) is 0 Å². The summed E-state index contributed by atoms with van der Waals surface area (Å²) >= 11 is 0. The van der Waals surface area contributed by atoms with Gasteiger partial charge in [0.1, 0.15) is 11.5 Å². The van der Waals surface area contributed by atoms with Crippen molar-refractivity contribution in [2.24, 2.45) is 0 Å². The number of hydrogen-bond acceptors (Lipinski definition) is 3. The van der Waals surface area contributed by atoms with Crippen molar-refractivity contribution in [1.29, 1.82) is 0 Å². The zero-order valence-electron chi connectivity index (χ0n) is 14.7. The maximum Gasteiger partial charge on any atom is 0.418 e. The van der Waals surface area contributed by atoms with Crippen LogP contribution >= 0.6 is 0 Å². The van der Waals surface area contributed by atoms with Crippen LogP contribution in [0.2, 0.25) is 0 Å². The molecule has 0 saturated carbocycles. The van der Waals surface area contributed by atoms with E-state index < -0.39 is 27.5 Å². The fourth-order valence-corrected chi connectivity index (χ4v) is 3.59. The summed E-state index contributed by atoms with van der Waals surface area (Å²) in [5.41, 5.74) is -0.682. The Labute approximate surface area is 160 Å². The lowest BCUT2D eigenvalue weighted by atomic mass is 10.2. The van der Waals surface area contributed by atoms with Crippen molar-refractivity contribution in [2.75, 3.05) is 4.72 Å². The molecule has 0 fully saturated rings. The quantitative estimate of drug-likeness (QED) is 0.598. The first-order chi connectivity index (χ1) is 13.2. The first-order valence-corrected chi connectivity index (χ1v) is 9.68. The third-order valence-electron chi connectivity index (χ3n) is 3.93. The third kappa shape index (κ3) is 4.45. The number of halogens is 3. The van der Waals surface area contributed by atoms with Crippen LogP contribution in [-0.2, 0) is 16.2 Å². The highest BCUT2D eigenvalue weighted by atomic mass is 32.2. The van der Waals surface area contributed by atoms with E-state index in [1.54, 1.807) is 6.07 Å². The number of benzene rings is 3. The van der Waals surface area contributed by atoms with E-state index in [0.717, 1.165) is 17.7 Å². The molecule has 28 heavy (non-hydrogen) atoms. The van der Waals surface area contributed by atoms with E-state index in [-0.39, 0.29) is 4.90 Å². The monoisotopic (exact) mass is 407 g/mol. The molecule has 0 heterocycles. The molecule has 0 aliphatic heterocycles. The molecule has 0 bridgehead atoms. The van der Waals surface area contributed by atoms with E-state index in [4.69, 9.17) is 4.74 Å². The normalized spacial score (nSPS) is 11.9. The second kappa shape index (κ2) is 7.55. The summed E-state index contributed by atoms with van der Waals surface area (Å²) in [6, 6.07) is 17.1. The van der Waals surface area contributed by atoms with Crippen LogP contribution in [0.25, 0.3) is 0 Å². The molecule has 0 aromatic heterocycles. The molecule has 3 rings (SSSR count). The molecule has 3 aromatic carbocycles. The van der Waals surface area contributed by atoms with E-state index in [1.807, 2.05) is 29.8 Å². The minimum absolute atomic E-state index is 0.179. The highest BCUT2D eigenvalue weighted by Crippen LogP contribution is 2.35. The molecule has 0 aliphatic carbocycles. The number of anilines is 1. The minimum atomic E-state index is -4.68. The van der Waals surface area contributed by atoms with Crippen molar-refractivity contribution in [3.8, 4) is 11.5 Å². The van der Waals surface area contributed by atoms with Gasteiger partial charge in [-0.05, 0) is 55.0 Å². The first-order valence-electron chi connectivity index (χ1n) is 8.19. The standard InChI is InChI=1S/C20H16F3NO3S/c1-14-6-2-5-9-19(14)27-15-10-12-16(13-11-15)28(25,26)24-18-8-4-3-7-17(18)20(21,22)23/h2-13,24H,1H3. The van der Waals surface area contributed by atoms with Gasteiger partial charge in [0.25, 0.3) is 10.0 Å². The van der Waals surface area contributed by atoms with Crippen LogP contribution < -0.4 is 9.46 Å². The second-order valence-electron chi connectivity index (χ2n) is 5.99. The fourth-order valence-electron chi connectivity index (χ4n) is 2.51. The van der Waals surface area contributed by atoms with Crippen LogP contribution in [0.4, 0.5) is 18.9 Å². The summed E-state index contributed by atoms with van der Waals surface area (Å²) < 4.78 is 71.9. The average molecular weight is 407 g/mol. The summed E-state index contributed by atoms with van der Waals surface area (Å²) in [5, 5.41) is 0. The van der Waals surface area contributed by atoms with Crippen LogP contribution in [0.15, 0.2) is 77.7 Å². The van der Waals surface area contributed by atoms with Gasteiger partial charge in [-0.15, -0.1) is 0 Å². The van der Waals surface area contributed by atoms with Gasteiger partial charge >= 0.3 is 6.18 Å². The Morgan fingerprint density at radius 3 is 2.11 bits per heavy atom. The number of ether oxygens (including phenoxy) is 1. The summed E-state index contributed by atoms with van der Waals surface area (Å²) in [6.45, 7) is 1.87. The molecule has 3 aromatic rings. The van der Waals surface area contributed by atoms with Gasteiger partial charge in [-0.2, -0.15) is 13.2 Å². The van der Waals surface area contributed by atoms with E-state index >= 15 is 0 Å². The number of aryl methyl sites for hydroxylation is 1. The lowest BCUT2D eigenvalue weighted by Crippen LogP contribution is -2.17. The van der Waals surface area contributed by atoms with Gasteiger partial charge < -0.3 is 4.74 Å². The van der Waals surface area contributed by atoms with Gasteiger partial charge in [-0.25, -0.2) is 8.42 Å². The molecule has 146 valence electrons. The maximum absolute atomic E-state index is 13.1. The van der Waals surface area contributed by atoms with Gasteiger partial charge in [0.15, 0.2) is 0 Å². The predicted molar refractivity (Wildman–Crippen MR) is 99.9 cm³/mol. The Morgan fingerprint density at radius 1 is 0.857 bits per heavy atom. The van der Waals surface area contributed by atoms with Crippen LogP contribution in [0.3, 0.4) is 0 Å². The van der Waals surface area contributed by atoms with Crippen molar-refractivity contribution >= 4 is 15.7 Å². The third-order valence-corrected chi connectivity index (χ3v) is 5.31. The van der Waals surface area contributed by atoms with Gasteiger partial charge in [0, 0.05) is 0 Å². The van der Waals surface area contributed by atoms with Gasteiger partial charge in [0.2, 0.25) is 0 Å². The van der Waals surface area contributed by atoms with Crippen molar-refractivity contribution in [3.05, 3.63) is 83.9 Å². The average Bonchev–Trinajstić information content (AvgIpc) is 2.63. The number of nitrogens with one attached hydrogen (secondary N) is 1. The van der Waals surface area contributed by atoms with Crippen molar-refractivity contribution in [3.63, 3.8) is 0 Å². The van der Waals surface area contributed by atoms with E-state index in [0.29, 0.717) is 11.5 Å². The Morgan fingerprint density at radius 2 is 1.46 bits per heavy atom. The molecule has 4 nitrogen and oxygen atoms in total. The van der Waals surface area contributed by atoms with Gasteiger partial charge in [-0.3, -0.25) is 4.72 Å². The maximum atomic E-state index is 13.1. The molecular weight excluding hydrogens is 391 g/mol. The molecule has 1 N–H and O–H groups in total. The fraction of sp³-hybridized carbons (Fsp3) is 0.100. The van der Waals surface area contributed by atoms with Crippen molar-refractivity contribution < 1.29 is 26.3 Å². The largest absolute Gasteiger partial charge is 0.457 e. The van der Waals surface area contributed by atoms with Gasteiger partial charge in [-0.1, -0.05) is 30.3 Å². The Kier molecular flexibility index (Phi) is 5.33. The molecule has 0 unspecified atom stereocenters. The number of rotatable bonds is 5. The zero-order valence-corrected chi connectivity index (χ0v) is 15.5. The van der Waals surface area contributed by atoms with Crippen LogP contribution in [-0.4, -0.2) is 8.42 Å². The predicted octanol–water partition coefficient (Wildman–Crippen LogP) is 5.61. The smallest absolute Gasteiger partial charge is 0.418 e. The molecule has 0 atom stereocenters. The first kappa shape index (κ1) is 19.8. The van der Waals surface area contributed by atoms with E-state index in [2.05, 4.69) is 0 Å². The van der Waals surface area contributed by atoms with Crippen LogP contribution in [0.5, 0.6) is 11.5 Å². The van der Waals surface area contributed by atoms with Gasteiger partial charge in [0.05, 0.1) is 16.1 Å². The number of alkyl halides is 3. The topological polar surface area (TPSA) is 55.4 Å². The molecule has 0 saturated heterocycles.